The van der Waals surface area contributed by atoms with E-state index in [0.717, 1.165) is 35.4 Å². The van der Waals surface area contributed by atoms with Crippen molar-refractivity contribution in [1.29, 1.82) is 0 Å². The molecule has 5 rings (SSSR count). The van der Waals surface area contributed by atoms with Gasteiger partial charge in [-0.2, -0.15) is 0 Å². The Kier molecular flexibility index (Phi) is 12.4. The zero-order valence-electron chi connectivity index (χ0n) is 25.5. The highest BCUT2D eigenvalue weighted by atomic mass is 16.3. The molecule has 4 bridgehead atoms. The Bertz CT molecular complexity index is 850. The Labute approximate surface area is 244 Å². The largest absolute Gasteiger partial charge is 0.395 e. The van der Waals surface area contributed by atoms with Crippen molar-refractivity contribution in [2.45, 2.75) is 148 Å². The predicted octanol–water partition coefficient (Wildman–Crippen LogP) is 7.92. The maximum absolute atomic E-state index is 13.0. The van der Waals surface area contributed by atoms with Gasteiger partial charge in [-0.05, 0) is 92.7 Å². The molecule has 1 aromatic rings. The third-order valence-electron chi connectivity index (χ3n) is 10.3. The van der Waals surface area contributed by atoms with Crippen molar-refractivity contribution in [2.75, 3.05) is 11.9 Å². The highest BCUT2D eigenvalue weighted by Gasteiger charge is 2.51. The van der Waals surface area contributed by atoms with Gasteiger partial charge in [-0.25, -0.2) is 0 Å². The minimum atomic E-state index is -0.795. The Morgan fingerprint density at radius 1 is 0.875 bits per heavy atom. The first-order valence-corrected chi connectivity index (χ1v) is 16.8. The van der Waals surface area contributed by atoms with E-state index in [-0.39, 0.29) is 24.0 Å². The molecular formula is C35H58N2O3. The fourth-order valence-electron chi connectivity index (χ4n) is 8.68. The first-order chi connectivity index (χ1) is 19.4. The molecule has 3 atom stereocenters. The van der Waals surface area contributed by atoms with Crippen LogP contribution in [0.5, 0.6) is 0 Å². The quantitative estimate of drug-likeness (QED) is 0.131. The van der Waals surface area contributed by atoms with Crippen molar-refractivity contribution in [3.63, 3.8) is 0 Å². The van der Waals surface area contributed by atoms with E-state index in [1.807, 2.05) is 24.3 Å². The van der Waals surface area contributed by atoms with Crippen LogP contribution in [0, 0.1) is 23.2 Å². The predicted molar refractivity (Wildman–Crippen MR) is 165 cm³/mol. The fraction of sp³-hybridized carbons (Fsp3) is 0.800. The molecule has 4 aliphatic carbocycles. The van der Waals surface area contributed by atoms with Crippen LogP contribution in [0.15, 0.2) is 24.3 Å². The number of aliphatic hydroxyl groups excluding tert-OH is 2. The molecule has 0 saturated heterocycles. The van der Waals surface area contributed by atoms with Crippen LogP contribution >= 0.6 is 0 Å². The minimum absolute atomic E-state index is 0.118. The lowest BCUT2D eigenvalue weighted by Gasteiger charge is -2.56. The van der Waals surface area contributed by atoms with Gasteiger partial charge in [0.05, 0.1) is 18.8 Å². The number of aliphatic hydroxyl groups is 2. The van der Waals surface area contributed by atoms with E-state index in [9.17, 15) is 15.0 Å². The van der Waals surface area contributed by atoms with E-state index in [0.29, 0.717) is 6.42 Å². The van der Waals surface area contributed by atoms with Gasteiger partial charge >= 0.3 is 0 Å². The second-order valence-electron chi connectivity index (χ2n) is 14.0. The Morgan fingerprint density at radius 2 is 1.40 bits per heavy atom. The molecule has 1 amide bonds. The van der Waals surface area contributed by atoms with E-state index in [4.69, 9.17) is 0 Å². The molecule has 0 radical (unpaired) electrons. The summed E-state index contributed by atoms with van der Waals surface area (Å²) >= 11 is 0. The van der Waals surface area contributed by atoms with Crippen molar-refractivity contribution in [1.82, 2.24) is 5.32 Å². The van der Waals surface area contributed by atoms with Gasteiger partial charge in [0.15, 0.2) is 0 Å². The average molecular weight is 555 g/mol. The highest BCUT2D eigenvalue weighted by Crippen LogP contribution is 2.61. The molecule has 0 heterocycles. The number of carbonyl (C=O) groups is 1. The third kappa shape index (κ3) is 9.29. The molecule has 40 heavy (non-hydrogen) atoms. The zero-order chi connectivity index (χ0) is 28.4. The maximum Gasteiger partial charge on any atom is 0.224 e. The van der Waals surface area contributed by atoms with Crippen LogP contribution in [0.3, 0.4) is 0 Å². The monoisotopic (exact) mass is 554 g/mol. The van der Waals surface area contributed by atoms with Crippen molar-refractivity contribution in [3.8, 4) is 0 Å². The van der Waals surface area contributed by atoms with Gasteiger partial charge in [-0.15, -0.1) is 0 Å². The first kappa shape index (κ1) is 31.5. The maximum atomic E-state index is 13.0. The number of rotatable bonds is 19. The summed E-state index contributed by atoms with van der Waals surface area (Å²) in [5, 5.41) is 27.5. The van der Waals surface area contributed by atoms with Crippen molar-refractivity contribution < 1.29 is 15.0 Å². The number of nitrogens with one attached hydrogen (secondary N) is 2. The van der Waals surface area contributed by atoms with Crippen molar-refractivity contribution in [3.05, 3.63) is 29.8 Å². The number of hydrogen-bond acceptors (Lipinski definition) is 4. The average Bonchev–Trinajstić information content (AvgIpc) is 2.91. The van der Waals surface area contributed by atoms with Crippen LogP contribution in [-0.4, -0.2) is 34.8 Å². The summed E-state index contributed by atoms with van der Waals surface area (Å²) in [6.07, 6.45) is 22.1. The first-order valence-electron chi connectivity index (χ1n) is 16.8. The van der Waals surface area contributed by atoms with Gasteiger partial charge in [0.25, 0.3) is 0 Å². The number of benzene rings is 1. The second kappa shape index (κ2) is 15.7. The van der Waals surface area contributed by atoms with Gasteiger partial charge in [0.2, 0.25) is 5.91 Å². The van der Waals surface area contributed by atoms with Gasteiger partial charge in [0.1, 0.15) is 0 Å². The third-order valence-corrected chi connectivity index (χ3v) is 10.3. The summed E-state index contributed by atoms with van der Waals surface area (Å²) in [4.78, 5) is 13.0. The Balaban J connectivity index is 1.14. The SMILES string of the molecule is CCCCCCCCCCCCC(C)NC(CO)C(O)c1ccc(NC(=O)CC23CC4CC(CC(C4)C2)C3)cc1. The lowest BCUT2D eigenvalue weighted by Crippen LogP contribution is -2.47. The van der Waals surface area contributed by atoms with Crippen LogP contribution < -0.4 is 10.6 Å². The molecule has 4 fully saturated rings. The molecule has 0 aromatic heterocycles. The lowest BCUT2D eigenvalue weighted by molar-refractivity contribution is -0.124. The Hall–Kier alpha value is -1.43. The van der Waals surface area contributed by atoms with Crippen molar-refractivity contribution >= 4 is 11.6 Å². The van der Waals surface area contributed by atoms with Crippen LogP contribution in [0.1, 0.15) is 141 Å². The summed E-state index contributed by atoms with van der Waals surface area (Å²) in [6.45, 7) is 4.29. The van der Waals surface area contributed by atoms with E-state index in [1.54, 1.807) is 0 Å². The topological polar surface area (TPSA) is 81.6 Å². The molecular weight excluding hydrogens is 496 g/mol. The van der Waals surface area contributed by atoms with Crippen LogP contribution in [0.25, 0.3) is 0 Å². The van der Waals surface area contributed by atoms with Crippen LogP contribution in [0.2, 0.25) is 0 Å². The van der Waals surface area contributed by atoms with E-state index < -0.39 is 12.1 Å². The van der Waals surface area contributed by atoms with Crippen molar-refractivity contribution in [2.24, 2.45) is 23.2 Å². The smallest absolute Gasteiger partial charge is 0.224 e. The standard InChI is InChI=1S/C35H58N2O3/c1-3-4-5-6-7-8-9-10-11-12-13-26(2)36-32(25-38)34(40)30-14-16-31(17-15-30)37-33(39)24-35-21-27-18-28(22-35)20-29(19-27)23-35/h14-17,26-29,32,34,36,38,40H,3-13,18-25H2,1-2H3,(H,37,39). The molecule has 0 aliphatic heterocycles. The van der Waals surface area contributed by atoms with Gasteiger partial charge < -0.3 is 20.8 Å². The summed E-state index contributed by atoms with van der Waals surface area (Å²) in [5.41, 5.74) is 1.78. The normalized spacial score (nSPS) is 27.4. The molecule has 4 saturated carbocycles. The number of amides is 1. The molecule has 5 heteroatoms. The minimum Gasteiger partial charge on any atom is -0.395 e. The molecule has 3 unspecified atom stereocenters. The van der Waals surface area contributed by atoms with Gasteiger partial charge in [-0.3, -0.25) is 4.79 Å². The molecule has 226 valence electrons. The number of carbonyl (C=O) groups excluding carboxylic acids is 1. The molecule has 4 aliphatic rings. The number of anilines is 1. The second-order valence-corrected chi connectivity index (χ2v) is 14.0. The Morgan fingerprint density at radius 3 is 1.93 bits per heavy atom. The number of hydrogen-bond donors (Lipinski definition) is 4. The van der Waals surface area contributed by atoms with Gasteiger partial charge in [0, 0.05) is 18.2 Å². The summed E-state index contributed by atoms with van der Waals surface area (Å²) in [6, 6.07) is 7.36. The molecule has 4 N–H and O–H groups in total. The fourth-order valence-corrected chi connectivity index (χ4v) is 8.68. The molecule has 0 spiro atoms. The van der Waals surface area contributed by atoms with Crippen LogP contribution in [0.4, 0.5) is 5.69 Å². The summed E-state index contributed by atoms with van der Waals surface area (Å²) in [5.74, 6) is 2.69. The summed E-state index contributed by atoms with van der Waals surface area (Å²) < 4.78 is 0. The van der Waals surface area contributed by atoms with E-state index >= 15 is 0 Å². The van der Waals surface area contributed by atoms with Crippen LogP contribution in [-0.2, 0) is 4.79 Å². The van der Waals surface area contributed by atoms with E-state index in [1.165, 1.54) is 103 Å². The van der Waals surface area contributed by atoms with Gasteiger partial charge in [-0.1, -0.05) is 83.3 Å². The zero-order valence-corrected chi connectivity index (χ0v) is 25.5. The lowest BCUT2D eigenvalue weighted by atomic mass is 9.49. The molecule has 1 aromatic carbocycles. The highest BCUT2D eigenvalue weighted by molar-refractivity contribution is 5.91. The summed E-state index contributed by atoms with van der Waals surface area (Å²) in [7, 11) is 0. The molecule has 5 nitrogen and oxygen atoms in total. The number of unbranched alkanes of at least 4 members (excludes halogenated alkanes) is 9. The van der Waals surface area contributed by atoms with E-state index in [2.05, 4.69) is 24.5 Å².